The third-order valence-electron chi connectivity index (χ3n) is 6.20. The van der Waals surface area contributed by atoms with E-state index in [2.05, 4.69) is 10.3 Å². The monoisotopic (exact) mass is 448 g/mol. The number of carbonyl (C=O) groups is 1. The van der Waals surface area contributed by atoms with E-state index in [1.165, 1.54) is 39.8 Å². The molecule has 168 valence electrons. The second-order valence-electron chi connectivity index (χ2n) is 8.40. The van der Waals surface area contributed by atoms with Gasteiger partial charge < -0.3 is 5.32 Å². The molecule has 0 saturated heterocycles. The van der Waals surface area contributed by atoms with E-state index in [0.29, 0.717) is 17.1 Å². The first kappa shape index (κ1) is 21.1. The summed E-state index contributed by atoms with van der Waals surface area (Å²) in [4.78, 5) is 31.1. The van der Waals surface area contributed by atoms with E-state index in [4.69, 9.17) is 0 Å². The highest BCUT2D eigenvalue weighted by molar-refractivity contribution is 6.08. The van der Waals surface area contributed by atoms with Crippen molar-refractivity contribution in [2.45, 2.75) is 32.7 Å². The molecular formula is C25H22F2N4O2. The SMILES string of the molecule is Cc1nccn1-n1c(C)c(C(=O)N[C@H](c2cccc(F)c2)C2CC2)c2cccc(F)c2c1=O. The van der Waals surface area contributed by atoms with Crippen molar-refractivity contribution in [3.63, 3.8) is 0 Å². The van der Waals surface area contributed by atoms with Crippen LogP contribution in [0.3, 0.4) is 0 Å². The van der Waals surface area contributed by atoms with E-state index >= 15 is 0 Å². The molecule has 0 spiro atoms. The second kappa shape index (κ2) is 7.95. The molecule has 1 amide bonds. The van der Waals surface area contributed by atoms with E-state index in [1.807, 2.05) is 0 Å². The summed E-state index contributed by atoms with van der Waals surface area (Å²) in [5.74, 6) is -0.823. The van der Waals surface area contributed by atoms with Crippen molar-refractivity contribution in [3.05, 3.63) is 99.5 Å². The van der Waals surface area contributed by atoms with Crippen LogP contribution in [-0.2, 0) is 0 Å². The van der Waals surface area contributed by atoms with Crippen LogP contribution in [-0.4, -0.2) is 20.2 Å². The lowest BCUT2D eigenvalue weighted by molar-refractivity contribution is 0.0931. The van der Waals surface area contributed by atoms with Gasteiger partial charge in [-0.15, -0.1) is 0 Å². The summed E-state index contributed by atoms with van der Waals surface area (Å²) in [6, 6.07) is 10.0. The van der Waals surface area contributed by atoms with Crippen molar-refractivity contribution >= 4 is 16.7 Å². The average Bonchev–Trinajstić information content (AvgIpc) is 3.53. The minimum Gasteiger partial charge on any atom is -0.345 e. The van der Waals surface area contributed by atoms with Gasteiger partial charge in [0.05, 0.1) is 22.7 Å². The topological polar surface area (TPSA) is 68.9 Å². The Balaban J connectivity index is 1.69. The van der Waals surface area contributed by atoms with Crippen LogP contribution in [0.1, 0.15) is 46.3 Å². The maximum atomic E-state index is 14.8. The summed E-state index contributed by atoms with van der Waals surface area (Å²) in [5.41, 5.74) is 0.643. The van der Waals surface area contributed by atoms with Gasteiger partial charge in [-0.2, -0.15) is 0 Å². The summed E-state index contributed by atoms with van der Waals surface area (Å²) >= 11 is 0. The highest BCUT2D eigenvalue weighted by Gasteiger charge is 2.35. The van der Waals surface area contributed by atoms with E-state index in [1.54, 1.807) is 38.2 Å². The highest BCUT2D eigenvalue weighted by Crippen LogP contribution is 2.41. The Hall–Kier alpha value is -3.81. The van der Waals surface area contributed by atoms with Gasteiger partial charge in [0.15, 0.2) is 0 Å². The van der Waals surface area contributed by atoms with E-state index in [9.17, 15) is 18.4 Å². The Morgan fingerprint density at radius 3 is 2.58 bits per heavy atom. The van der Waals surface area contributed by atoms with Gasteiger partial charge in [0.2, 0.25) is 0 Å². The predicted molar refractivity (Wildman–Crippen MR) is 120 cm³/mol. The van der Waals surface area contributed by atoms with Crippen LogP contribution in [0.5, 0.6) is 0 Å². The van der Waals surface area contributed by atoms with Gasteiger partial charge in [0, 0.05) is 17.8 Å². The van der Waals surface area contributed by atoms with Gasteiger partial charge in [-0.25, -0.2) is 23.1 Å². The molecule has 33 heavy (non-hydrogen) atoms. The van der Waals surface area contributed by atoms with Crippen LogP contribution >= 0.6 is 0 Å². The van der Waals surface area contributed by atoms with Crippen LogP contribution in [0.2, 0.25) is 0 Å². The minimum absolute atomic E-state index is 0.171. The fraction of sp³-hybridized carbons (Fsp3) is 0.240. The molecule has 4 aromatic rings. The number of benzene rings is 2. The fourth-order valence-corrected chi connectivity index (χ4v) is 4.45. The molecule has 2 aromatic heterocycles. The molecule has 1 aliphatic rings. The quantitative estimate of drug-likeness (QED) is 0.495. The van der Waals surface area contributed by atoms with Crippen molar-refractivity contribution in [2.24, 2.45) is 5.92 Å². The molecule has 1 fully saturated rings. The molecule has 5 rings (SSSR count). The zero-order chi connectivity index (χ0) is 23.3. The maximum absolute atomic E-state index is 14.8. The standard InChI is InChI=1S/C25H22F2N4O2/c1-14-21(24(32)29-23(16-9-10-16)17-5-3-6-18(26)13-17)19-7-4-8-20(27)22(19)25(33)31(14)30-12-11-28-15(30)2/h3-8,11-13,16,23H,9-10H2,1-2H3,(H,29,32)/t23-/m0/s1. The van der Waals surface area contributed by atoms with Crippen LogP contribution in [0.25, 0.3) is 10.8 Å². The van der Waals surface area contributed by atoms with Gasteiger partial charge in [-0.1, -0.05) is 24.3 Å². The Morgan fingerprint density at radius 1 is 1.15 bits per heavy atom. The van der Waals surface area contributed by atoms with Gasteiger partial charge >= 0.3 is 0 Å². The molecule has 2 aromatic carbocycles. The lowest BCUT2D eigenvalue weighted by Crippen LogP contribution is -2.35. The van der Waals surface area contributed by atoms with Crippen LogP contribution in [0.4, 0.5) is 8.78 Å². The summed E-state index contributed by atoms with van der Waals surface area (Å²) in [6.07, 6.45) is 4.95. The molecule has 0 bridgehead atoms. The number of rotatable bonds is 5. The highest BCUT2D eigenvalue weighted by atomic mass is 19.1. The first-order valence-corrected chi connectivity index (χ1v) is 10.8. The smallest absolute Gasteiger partial charge is 0.280 e. The number of halogens is 2. The van der Waals surface area contributed by atoms with Crippen LogP contribution in [0, 0.1) is 31.4 Å². The molecule has 1 saturated carbocycles. The summed E-state index contributed by atoms with van der Waals surface area (Å²) < 4.78 is 31.5. The molecule has 1 atom stereocenters. The first-order chi connectivity index (χ1) is 15.9. The number of hydrogen-bond donors (Lipinski definition) is 1. The molecule has 6 nitrogen and oxygen atoms in total. The molecule has 1 N–H and O–H groups in total. The predicted octanol–water partition coefficient (Wildman–Crippen LogP) is 4.29. The van der Waals surface area contributed by atoms with E-state index < -0.39 is 17.3 Å². The number of nitrogens with one attached hydrogen (secondary N) is 1. The number of nitrogens with zero attached hydrogens (tertiary/aromatic N) is 3. The Morgan fingerprint density at radius 2 is 1.91 bits per heavy atom. The molecule has 0 aliphatic heterocycles. The Bertz CT molecular complexity index is 1450. The summed E-state index contributed by atoms with van der Waals surface area (Å²) in [7, 11) is 0. The largest absolute Gasteiger partial charge is 0.345 e. The molecule has 0 radical (unpaired) electrons. The third-order valence-corrected chi connectivity index (χ3v) is 6.20. The number of aromatic nitrogens is 3. The lowest BCUT2D eigenvalue weighted by Gasteiger charge is -2.22. The van der Waals surface area contributed by atoms with Gasteiger partial charge in [-0.3, -0.25) is 9.59 Å². The van der Waals surface area contributed by atoms with Gasteiger partial charge in [0.1, 0.15) is 17.5 Å². The zero-order valence-corrected chi connectivity index (χ0v) is 18.2. The number of hydrogen-bond acceptors (Lipinski definition) is 3. The van der Waals surface area contributed by atoms with Crippen LogP contribution in [0.15, 0.2) is 59.7 Å². The van der Waals surface area contributed by atoms with Crippen molar-refractivity contribution in [1.29, 1.82) is 0 Å². The number of carbonyl (C=O) groups excluding carboxylic acids is 1. The number of fused-ring (bicyclic) bond motifs is 1. The Labute approximate surface area is 188 Å². The van der Waals surface area contributed by atoms with Crippen LogP contribution < -0.4 is 10.9 Å². The second-order valence-corrected chi connectivity index (χ2v) is 8.40. The zero-order valence-electron chi connectivity index (χ0n) is 18.2. The number of pyridine rings is 1. The van der Waals surface area contributed by atoms with E-state index in [-0.39, 0.29) is 34.1 Å². The van der Waals surface area contributed by atoms with Crippen molar-refractivity contribution in [3.8, 4) is 0 Å². The summed E-state index contributed by atoms with van der Waals surface area (Å²) in [6.45, 7) is 3.36. The minimum atomic E-state index is -0.707. The van der Waals surface area contributed by atoms with Gasteiger partial charge in [0.25, 0.3) is 11.5 Å². The molecule has 2 heterocycles. The van der Waals surface area contributed by atoms with E-state index in [0.717, 1.165) is 12.8 Å². The number of aryl methyl sites for hydroxylation is 1. The van der Waals surface area contributed by atoms with Crippen molar-refractivity contribution in [2.75, 3.05) is 0 Å². The average molecular weight is 448 g/mol. The lowest BCUT2D eigenvalue weighted by atomic mass is 9.99. The normalized spacial score (nSPS) is 14.4. The molecule has 8 heteroatoms. The third kappa shape index (κ3) is 3.61. The van der Waals surface area contributed by atoms with Crippen molar-refractivity contribution in [1.82, 2.24) is 19.7 Å². The maximum Gasteiger partial charge on any atom is 0.280 e. The van der Waals surface area contributed by atoms with Gasteiger partial charge in [-0.05, 0) is 56.4 Å². The molecule has 1 aliphatic carbocycles. The Kier molecular flexibility index (Phi) is 5.08. The summed E-state index contributed by atoms with van der Waals surface area (Å²) in [5, 5.41) is 3.09. The number of imidazole rings is 1. The first-order valence-electron chi connectivity index (χ1n) is 10.8. The molecular weight excluding hydrogens is 426 g/mol. The van der Waals surface area contributed by atoms with Crippen molar-refractivity contribution < 1.29 is 13.6 Å². The number of amides is 1. The molecule has 0 unspecified atom stereocenters. The fourth-order valence-electron chi connectivity index (χ4n) is 4.45.